The fourth-order valence-corrected chi connectivity index (χ4v) is 4.72. The number of carbonyl (C=O) groups is 3. The molecule has 34 heavy (non-hydrogen) atoms. The van der Waals surface area contributed by atoms with E-state index in [1.54, 1.807) is 11.8 Å². The molecule has 2 aromatic carbocycles. The van der Waals surface area contributed by atoms with E-state index < -0.39 is 30.1 Å². The number of alkyl carbamates (subject to hydrolysis) is 1. The maximum atomic E-state index is 12.8. The van der Waals surface area contributed by atoms with Gasteiger partial charge >= 0.3 is 12.1 Å². The van der Waals surface area contributed by atoms with Gasteiger partial charge in [-0.2, -0.15) is 11.8 Å². The van der Waals surface area contributed by atoms with Gasteiger partial charge in [0.2, 0.25) is 5.91 Å². The number of amides is 2. The minimum absolute atomic E-state index is 0.0842. The highest BCUT2D eigenvalue weighted by molar-refractivity contribution is 7.98. The Bertz CT molecular complexity index is 980. The molecule has 0 aliphatic heterocycles. The molecule has 2 amide bonds. The lowest BCUT2D eigenvalue weighted by Crippen LogP contribution is -2.52. The van der Waals surface area contributed by atoms with Crippen LogP contribution in [0.15, 0.2) is 48.5 Å². The molecule has 182 valence electrons. The van der Waals surface area contributed by atoms with E-state index in [2.05, 4.69) is 22.8 Å². The molecule has 3 N–H and O–H groups in total. The lowest BCUT2D eigenvalue weighted by atomic mass is 9.98. The maximum Gasteiger partial charge on any atom is 0.407 e. The van der Waals surface area contributed by atoms with Gasteiger partial charge in [-0.25, -0.2) is 9.59 Å². The molecular weight excluding hydrogens is 452 g/mol. The van der Waals surface area contributed by atoms with Crippen LogP contribution in [0.2, 0.25) is 0 Å². The smallest absolute Gasteiger partial charge is 0.407 e. The molecule has 0 heterocycles. The Morgan fingerprint density at radius 3 is 2.09 bits per heavy atom. The van der Waals surface area contributed by atoms with E-state index in [4.69, 9.17) is 4.74 Å². The van der Waals surface area contributed by atoms with Crippen molar-refractivity contribution >= 4 is 29.7 Å². The van der Waals surface area contributed by atoms with Crippen LogP contribution in [-0.4, -0.2) is 53.8 Å². The largest absolute Gasteiger partial charge is 0.480 e. The van der Waals surface area contributed by atoms with Gasteiger partial charge in [-0.05, 0) is 53.0 Å². The lowest BCUT2D eigenvalue weighted by Gasteiger charge is -2.22. The van der Waals surface area contributed by atoms with Crippen molar-refractivity contribution in [3.05, 3.63) is 59.7 Å². The van der Waals surface area contributed by atoms with Crippen LogP contribution >= 0.6 is 11.8 Å². The second kappa shape index (κ2) is 11.9. The summed E-state index contributed by atoms with van der Waals surface area (Å²) in [5.41, 5.74) is 4.47. The summed E-state index contributed by atoms with van der Waals surface area (Å²) in [6.07, 6.45) is 1.88. The molecule has 0 aromatic heterocycles. The van der Waals surface area contributed by atoms with Gasteiger partial charge in [-0.3, -0.25) is 4.79 Å². The predicted octanol–water partition coefficient (Wildman–Crippen LogP) is 4.26. The first-order valence-corrected chi connectivity index (χ1v) is 12.8. The van der Waals surface area contributed by atoms with Gasteiger partial charge in [0.05, 0.1) is 0 Å². The van der Waals surface area contributed by atoms with E-state index in [1.807, 2.05) is 56.5 Å². The van der Waals surface area contributed by atoms with Crippen LogP contribution in [0.25, 0.3) is 11.1 Å². The number of fused-ring (bicyclic) bond motifs is 3. The van der Waals surface area contributed by atoms with Gasteiger partial charge in [0, 0.05) is 5.92 Å². The second-order valence-corrected chi connectivity index (χ2v) is 9.82. The third-order valence-electron chi connectivity index (χ3n) is 5.88. The third-order valence-corrected chi connectivity index (χ3v) is 6.53. The van der Waals surface area contributed by atoms with E-state index >= 15 is 0 Å². The quantitative estimate of drug-likeness (QED) is 0.440. The summed E-state index contributed by atoms with van der Waals surface area (Å²) in [7, 11) is 0. The summed E-state index contributed by atoms with van der Waals surface area (Å²) in [6, 6.07) is 14.2. The highest BCUT2D eigenvalue weighted by atomic mass is 32.2. The van der Waals surface area contributed by atoms with Gasteiger partial charge < -0.3 is 20.5 Å². The molecule has 2 aromatic rings. The Kier molecular flexibility index (Phi) is 8.98. The fraction of sp³-hybridized carbons (Fsp3) is 0.423. The zero-order valence-electron chi connectivity index (χ0n) is 19.7. The average Bonchev–Trinajstić information content (AvgIpc) is 3.13. The summed E-state index contributed by atoms with van der Waals surface area (Å²) in [6.45, 7) is 3.92. The number of thioether (sulfide) groups is 1. The predicted molar refractivity (Wildman–Crippen MR) is 134 cm³/mol. The Morgan fingerprint density at radius 2 is 1.56 bits per heavy atom. The number of rotatable bonds is 11. The summed E-state index contributed by atoms with van der Waals surface area (Å²) in [5, 5.41) is 14.7. The van der Waals surface area contributed by atoms with Crippen molar-refractivity contribution in [1.82, 2.24) is 10.6 Å². The molecule has 0 fully saturated rings. The summed E-state index contributed by atoms with van der Waals surface area (Å²) >= 11 is 1.54. The van der Waals surface area contributed by atoms with Crippen molar-refractivity contribution in [1.29, 1.82) is 0 Å². The topological polar surface area (TPSA) is 105 Å². The summed E-state index contributed by atoms with van der Waals surface area (Å²) < 4.78 is 5.56. The molecule has 3 rings (SSSR count). The first-order chi connectivity index (χ1) is 16.3. The lowest BCUT2D eigenvalue weighted by molar-refractivity contribution is -0.142. The van der Waals surface area contributed by atoms with Crippen molar-refractivity contribution in [2.45, 2.75) is 44.7 Å². The molecule has 0 bridgehead atoms. The highest BCUT2D eigenvalue weighted by Crippen LogP contribution is 2.44. The summed E-state index contributed by atoms with van der Waals surface area (Å²) in [4.78, 5) is 37.0. The molecule has 2 atom stereocenters. The van der Waals surface area contributed by atoms with Crippen LogP contribution in [0, 0.1) is 5.92 Å². The Labute approximate surface area is 204 Å². The van der Waals surface area contributed by atoms with Gasteiger partial charge in [0.1, 0.15) is 18.7 Å². The van der Waals surface area contributed by atoms with Crippen molar-refractivity contribution in [2.24, 2.45) is 5.92 Å². The molecule has 1 aliphatic rings. The van der Waals surface area contributed by atoms with E-state index in [9.17, 15) is 19.5 Å². The highest BCUT2D eigenvalue weighted by Gasteiger charge is 2.30. The van der Waals surface area contributed by atoms with Crippen molar-refractivity contribution in [3.8, 4) is 11.1 Å². The van der Waals surface area contributed by atoms with E-state index in [-0.39, 0.29) is 18.4 Å². The number of benzene rings is 2. The fourth-order valence-electron chi connectivity index (χ4n) is 4.25. The first kappa shape index (κ1) is 25.6. The Hall–Kier alpha value is -3.00. The molecule has 0 spiro atoms. The summed E-state index contributed by atoms with van der Waals surface area (Å²) in [5.74, 6) is -0.966. The van der Waals surface area contributed by atoms with Gasteiger partial charge in [-0.15, -0.1) is 0 Å². The number of carbonyl (C=O) groups excluding carboxylic acids is 2. The number of nitrogens with one attached hydrogen (secondary N) is 2. The van der Waals surface area contributed by atoms with Crippen molar-refractivity contribution < 1.29 is 24.2 Å². The molecule has 1 aliphatic carbocycles. The standard InChI is InChI=1S/C26H32N2O5S/c1-16(2)14-23(25(30)31)27-24(29)22(12-13-34-3)28-26(32)33-15-21-19-10-6-4-8-17(19)18-9-5-7-11-20(18)21/h4-11,16,21-23H,12-15H2,1-3H3,(H,27,29)(H,28,32)(H,30,31)/t22-,23+/m1/s1. The molecule has 0 radical (unpaired) electrons. The number of carboxylic acid groups (broad SMARTS) is 1. The maximum absolute atomic E-state index is 12.8. The number of ether oxygens (including phenoxy) is 1. The van der Waals surface area contributed by atoms with Gasteiger partial charge in [-0.1, -0.05) is 62.4 Å². The normalized spacial score (nSPS) is 14.1. The third kappa shape index (κ3) is 6.32. The van der Waals surface area contributed by atoms with E-state index in [1.165, 1.54) is 0 Å². The molecular formula is C26H32N2O5S. The Balaban J connectivity index is 1.65. The van der Waals surface area contributed by atoms with E-state index in [0.29, 0.717) is 18.6 Å². The minimum Gasteiger partial charge on any atom is -0.480 e. The first-order valence-electron chi connectivity index (χ1n) is 11.5. The van der Waals surface area contributed by atoms with Gasteiger partial charge in [0.15, 0.2) is 0 Å². The van der Waals surface area contributed by atoms with Crippen molar-refractivity contribution in [2.75, 3.05) is 18.6 Å². The van der Waals surface area contributed by atoms with Gasteiger partial charge in [0.25, 0.3) is 0 Å². The van der Waals surface area contributed by atoms with Crippen LogP contribution in [0.3, 0.4) is 0 Å². The number of hydrogen-bond acceptors (Lipinski definition) is 5. The zero-order valence-corrected chi connectivity index (χ0v) is 20.6. The van der Waals surface area contributed by atoms with Crippen LogP contribution in [0.4, 0.5) is 4.79 Å². The molecule has 8 heteroatoms. The minimum atomic E-state index is -1.09. The van der Waals surface area contributed by atoms with Crippen LogP contribution in [0.5, 0.6) is 0 Å². The monoisotopic (exact) mass is 484 g/mol. The van der Waals surface area contributed by atoms with Crippen LogP contribution < -0.4 is 10.6 Å². The number of aliphatic carboxylic acids is 1. The SMILES string of the molecule is CSCC[C@@H](NC(=O)OCC1c2ccccc2-c2ccccc21)C(=O)N[C@@H](CC(C)C)C(=O)O. The Morgan fingerprint density at radius 1 is 0.971 bits per heavy atom. The average molecular weight is 485 g/mol. The molecule has 0 unspecified atom stereocenters. The van der Waals surface area contributed by atoms with Crippen molar-refractivity contribution in [3.63, 3.8) is 0 Å². The number of hydrogen-bond donors (Lipinski definition) is 3. The molecule has 7 nitrogen and oxygen atoms in total. The molecule has 0 saturated heterocycles. The number of carboxylic acids is 1. The van der Waals surface area contributed by atoms with E-state index in [0.717, 1.165) is 22.3 Å². The molecule has 0 saturated carbocycles. The van der Waals surface area contributed by atoms with Crippen LogP contribution in [-0.2, 0) is 14.3 Å². The second-order valence-electron chi connectivity index (χ2n) is 8.83. The zero-order chi connectivity index (χ0) is 24.7. The van der Waals surface area contributed by atoms with Crippen LogP contribution in [0.1, 0.15) is 43.7 Å².